The molecule has 0 unspecified atom stereocenters. The molecule has 0 radical (unpaired) electrons. The molecule has 0 aliphatic carbocycles. The number of nitrogens with zero attached hydrogens (tertiary/aromatic N) is 3. The third-order valence-electron chi connectivity index (χ3n) is 6.19. The highest BCUT2D eigenvalue weighted by Crippen LogP contribution is 2.38. The van der Waals surface area contributed by atoms with E-state index in [1.165, 1.54) is 5.69 Å². The van der Waals surface area contributed by atoms with Gasteiger partial charge < -0.3 is 19.1 Å². The standard InChI is InChI=1S/C22H29N3O3/c1-16(2)19-13-20(28-23-19)21(26)25-11-9-22(10-12-25)14-18(15-27-22)24(3)17-7-5-4-6-8-17/h4-8,13,16,18H,9-12,14-15H2,1-3H3/t18-/m1/s1. The Kier molecular flexibility index (Phi) is 5.15. The topological polar surface area (TPSA) is 58.8 Å². The molecule has 1 aromatic heterocycles. The van der Waals surface area contributed by atoms with Crippen LogP contribution in [0.5, 0.6) is 0 Å². The molecule has 150 valence electrons. The van der Waals surface area contributed by atoms with E-state index in [9.17, 15) is 4.79 Å². The molecule has 2 aliphatic rings. The lowest BCUT2D eigenvalue weighted by atomic mass is 9.87. The van der Waals surface area contributed by atoms with Crippen molar-refractivity contribution in [3.05, 3.63) is 47.9 Å². The highest BCUT2D eigenvalue weighted by Gasteiger charge is 2.45. The number of para-hydroxylation sites is 1. The third-order valence-corrected chi connectivity index (χ3v) is 6.19. The summed E-state index contributed by atoms with van der Waals surface area (Å²) in [4.78, 5) is 16.9. The zero-order chi connectivity index (χ0) is 19.7. The molecule has 3 heterocycles. The molecular formula is C22H29N3O3. The van der Waals surface area contributed by atoms with E-state index < -0.39 is 0 Å². The average molecular weight is 383 g/mol. The van der Waals surface area contributed by atoms with Crippen molar-refractivity contribution in [3.8, 4) is 0 Å². The van der Waals surface area contributed by atoms with Crippen molar-refractivity contribution in [1.29, 1.82) is 0 Å². The lowest BCUT2D eigenvalue weighted by Gasteiger charge is -2.38. The van der Waals surface area contributed by atoms with Crippen LogP contribution in [-0.4, -0.2) is 54.4 Å². The Balaban J connectivity index is 1.35. The van der Waals surface area contributed by atoms with Gasteiger partial charge in [0.2, 0.25) is 5.76 Å². The number of hydrogen-bond donors (Lipinski definition) is 0. The Morgan fingerprint density at radius 3 is 2.61 bits per heavy atom. The molecule has 2 aromatic rings. The van der Waals surface area contributed by atoms with Gasteiger partial charge in [0.25, 0.3) is 5.91 Å². The van der Waals surface area contributed by atoms with Crippen LogP contribution < -0.4 is 4.90 Å². The minimum atomic E-state index is -0.116. The minimum Gasteiger partial charge on any atom is -0.373 e. The molecule has 1 atom stereocenters. The molecule has 0 saturated carbocycles. The fourth-order valence-electron chi connectivity index (χ4n) is 4.23. The van der Waals surface area contributed by atoms with Gasteiger partial charge in [-0.1, -0.05) is 37.2 Å². The number of ether oxygens (including phenoxy) is 1. The first kappa shape index (κ1) is 19.0. The predicted octanol–water partition coefficient (Wildman–Crippen LogP) is 3.70. The molecule has 4 rings (SSSR count). The lowest BCUT2D eigenvalue weighted by Crippen LogP contribution is -2.47. The van der Waals surface area contributed by atoms with Gasteiger partial charge in [0.15, 0.2) is 0 Å². The Hall–Kier alpha value is -2.34. The van der Waals surface area contributed by atoms with Crippen LogP contribution in [0, 0.1) is 0 Å². The van der Waals surface area contributed by atoms with E-state index in [2.05, 4.69) is 41.4 Å². The van der Waals surface area contributed by atoms with E-state index >= 15 is 0 Å². The van der Waals surface area contributed by atoms with Gasteiger partial charge in [0, 0.05) is 31.9 Å². The summed E-state index contributed by atoms with van der Waals surface area (Å²) in [6, 6.07) is 12.6. The number of carbonyl (C=O) groups is 1. The zero-order valence-corrected chi connectivity index (χ0v) is 16.9. The first-order valence-electron chi connectivity index (χ1n) is 10.2. The molecule has 0 bridgehead atoms. The number of rotatable bonds is 4. The van der Waals surface area contributed by atoms with Gasteiger partial charge in [0.05, 0.1) is 23.9 Å². The molecule has 1 spiro atoms. The van der Waals surface area contributed by atoms with E-state index in [-0.39, 0.29) is 17.4 Å². The normalized spacial score (nSPS) is 21.4. The SMILES string of the molecule is CC(C)c1cc(C(=O)N2CCC3(CC2)C[C@@H](N(C)c2ccccc2)CO3)on1. The molecule has 6 heteroatoms. The summed E-state index contributed by atoms with van der Waals surface area (Å²) in [5.74, 6) is 0.527. The van der Waals surface area contributed by atoms with Crippen molar-refractivity contribution in [2.24, 2.45) is 0 Å². The third kappa shape index (κ3) is 3.65. The highest BCUT2D eigenvalue weighted by atomic mass is 16.5. The molecule has 2 saturated heterocycles. The molecule has 1 amide bonds. The Labute approximate surface area is 166 Å². The van der Waals surface area contributed by atoms with Crippen LogP contribution in [0.2, 0.25) is 0 Å². The fraction of sp³-hybridized carbons (Fsp3) is 0.545. The van der Waals surface area contributed by atoms with E-state index in [4.69, 9.17) is 9.26 Å². The van der Waals surface area contributed by atoms with Crippen molar-refractivity contribution >= 4 is 11.6 Å². The summed E-state index contributed by atoms with van der Waals surface area (Å²) in [5, 5.41) is 4.01. The van der Waals surface area contributed by atoms with Gasteiger partial charge in [-0.05, 0) is 37.3 Å². The number of likely N-dealkylation sites (N-methyl/N-ethyl adjacent to an activating group) is 1. The number of piperidine rings is 1. The fourth-order valence-corrected chi connectivity index (χ4v) is 4.23. The highest BCUT2D eigenvalue weighted by molar-refractivity contribution is 5.91. The van der Waals surface area contributed by atoms with Crippen molar-refractivity contribution in [1.82, 2.24) is 10.1 Å². The van der Waals surface area contributed by atoms with Crippen molar-refractivity contribution in [2.45, 2.75) is 50.7 Å². The van der Waals surface area contributed by atoms with Gasteiger partial charge in [0.1, 0.15) is 0 Å². The van der Waals surface area contributed by atoms with Gasteiger partial charge in [-0.15, -0.1) is 0 Å². The summed E-state index contributed by atoms with van der Waals surface area (Å²) < 4.78 is 11.6. The smallest absolute Gasteiger partial charge is 0.292 e. The quantitative estimate of drug-likeness (QED) is 0.806. The van der Waals surface area contributed by atoms with E-state index in [0.29, 0.717) is 24.9 Å². The predicted molar refractivity (Wildman–Crippen MR) is 108 cm³/mol. The molecule has 1 aromatic carbocycles. The Bertz CT molecular complexity index is 809. The maximum atomic E-state index is 12.7. The molecule has 2 aliphatic heterocycles. The molecular weight excluding hydrogens is 354 g/mol. The second-order valence-electron chi connectivity index (χ2n) is 8.36. The van der Waals surface area contributed by atoms with Crippen molar-refractivity contribution < 1.29 is 14.1 Å². The van der Waals surface area contributed by atoms with Gasteiger partial charge in [-0.3, -0.25) is 4.79 Å². The largest absolute Gasteiger partial charge is 0.373 e. The van der Waals surface area contributed by atoms with E-state index in [0.717, 1.165) is 31.6 Å². The summed E-state index contributed by atoms with van der Waals surface area (Å²) in [5.41, 5.74) is 1.92. The number of carbonyl (C=O) groups excluding carboxylic acids is 1. The first-order chi connectivity index (χ1) is 13.5. The van der Waals surface area contributed by atoms with Crippen LogP contribution >= 0.6 is 0 Å². The number of anilines is 1. The number of amides is 1. The van der Waals surface area contributed by atoms with Gasteiger partial charge in [-0.25, -0.2) is 0 Å². The van der Waals surface area contributed by atoms with E-state index in [1.807, 2.05) is 24.8 Å². The van der Waals surface area contributed by atoms with Gasteiger partial charge in [-0.2, -0.15) is 0 Å². The average Bonchev–Trinajstić information content (AvgIpc) is 3.36. The summed E-state index contributed by atoms with van der Waals surface area (Å²) >= 11 is 0. The monoisotopic (exact) mass is 383 g/mol. The minimum absolute atomic E-state index is 0.0646. The molecule has 6 nitrogen and oxygen atoms in total. The Morgan fingerprint density at radius 2 is 1.96 bits per heavy atom. The van der Waals surface area contributed by atoms with E-state index in [1.54, 1.807) is 6.07 Å². The number of hydrogen-bond acceptors (Lipinski definition) is 5. The summed E-state index contributed by atoms with van der Waals surface area (Å²) in [6.07, 6.45) is 2.73. The van der Waals surface area contributed by atoms with Crippen LogP contribution in [0.25, 0.3) is 0 Å². The lowest BCUT2D eigenvalue weighted by molar-refractivity contribution is -0.0393. The van der Waals surface area contributed by atoms with Crippen LogP contribution in [0.15, 0.2) is 40.9 Å². The van der Waals surface area contributed by atoms with Crippen LogP contribution in [0.1, 0.15) is 55.3 Å². The molecule has 28 heavy (non-hydrogen) atoms. The molecule has 0 N–H and O–H groups in total. The second-order valence-corrected chi connectivity index (χ2v) is 8.36. The number of benzene rings is 1. The van der Waals surface area contributed by atoms with Gasteiger partial charge >= 0.3 is 0 Å². The van der Waals surface area contributed by atoms with Crippen LogP contribution in [-0.2, 0) is 4.74 Å². The summed E-state index contributed by atoms with van der Waals surface area (Å²) in [7, 11) is 2.14. The number of aromatic nitrogens is 1. The molecule has 2 fully saturated rings. The Morgan fingerprint density at radius 1 is 1.25 bits per heavy atom. The summed E-state index contributed by atoms with van der Waals surface area (Å²) in [6.45, 7) is 6.20. The van der Waals surface area contributed by atoms with Crippen LogP contribution in [0.3, 0.4) is 0 Å². The maximum absolute atomic E-state index is 12.7. The first-order valence-corrected chi connectivity index (χ1v) is 10.2. The second kappa shape index (κ2) is 7.59. The van der Waals surface area contributed by atoms with Crippen molar-refractivity contribution in [2.75, 3.05) is 31.6 Å². The maximum Gasteiger partial charge on any atom is 0.292 e. The van der Waals surface area contributed by atoms with Crippen molar-refractivity contribution in [3.63, 3.8) is 0 Å². The van der Waals surface area contributed by atoms with Crippen LogP contribution in [0.4, 0.5) is 5.69 Å². The number of likely N-dealkylation sites (tertiary alicyclic amines) is 1. The zero-order valence-electron chi connectivity index (χ0n) is 16.9.